The van der Waals surface area contributed by atoms with Gasteiger partial charge in [0.1, 0.15) is 6.17 Å². The molecular formula is C28H24N5O3S-. The molecule has 0 radical (unpaired) electrons. The highest BCUT2D eigenvalue weighted by molar-refractivity contribution is 7.77. The van der Waals surface area contributed by atoms with Crippen LogP contribution in [-0.2, 0) is 17.8 Å². The first-order valence-corrected chi connectivity index (χ1v) is 12.6. The molecule has 2 amide bonds. The summed E-state index contributed by atoms with van der Waals surface area (Å²) in [6.45, 7) is 0.190. The quantitative estimate of drug-likeness (QED) is 0.290. The van der Waals surface area contributed by atoms with Crippen LogP contribution in [-0.4, -0.2) is 29.0 Å². The summed E-state index contributed by atoms with van der Waals surface area (Å²) in [4.78, 5) is 18.9. The zero-order valence-corrected chi connectivity index (χ0v) is 20.5. The SMILES string of the molecule is NC(=O)N(C1c2c(cccc2-c2ccccc2)C=C(c2ccccc2N)N1Cc1ccccn1)S(=O)[O-]. The number of amides is 2. The van der Waals surface area contributed by atoms with Crippen molar-refractivity contribution >= 4 is 34.8 Å². The van der Waals surface area contributed by atoms with Gasteiger partial charge in [-0.05, 0) is 41.0 Å². The van der Waals surface area contributed by atoms with E-state index in [9.17, 15) is 13.6 Å². The van der Waals surface area contributed by atoms with Crippen molar-refractivity contribution in [2.24, 2.45) is 5.73 Å². The Kier molecular flexibility index (Phi) is 6.72. The van der Waals surface area contributed by atoms with Crippen molar-refractivity contribution in [2.75, 3.05) is 5.73 Å². The number of anilines is 1. The van der Waals surface area contributed by atoms with Crippen LogP contribution < -0.4 is 11.5 Å². The van der Waals surface area contributed by atoms with Gasteiger partial charge in [0, 0.05) is 28.7 Å². The Labute approximate surface area is 217 Å². The molecule has 2 atom stereocenters. The molecule has 4 N–H and O–H groups in total. The Balaban J connectivity index is 1.83. The van der Waals surface area contributed by atoms with E-state index in [1.165, 1.54) is 0 Å². The predicted molar refractivity (Wildman–Crippen MR) is 143 cm³/mol. The van der Waals surface area contributed by atoms with Crippen LogP contribution in [0, 0.1) is 0 Å². The van der Waals surface area contributed by atoms with Gasteiger partial charge in [0.15, 0.2) is 0 Å². The minimum Gasteiger partial charge on any atom is -0.755 e. The third kappa shape index (κ3) is 4.69. The molecule has 0 aliphatic carbocycles. The summed E-state index contributed by atoms with van der Waals surface area (Å²) in [5.74, 6) is 0. The number of rotatable bonds is 6. The fraction of sp³-hybridized carbons (Fsp3) is 0.0714. The van der Waals surface area contributed by atoms with E-state index in [0.717, 1.165) is 16.7 Å². The second-order valence-corrected chi connectivity index (χ2v) is 9.32. The number of hydrogen-bond donors (Lipinski definition) is 2. The Morgan fingerprint density at radius 2 is 1.65 bits per heavy atom. The maximum absolute atomic E-state index is 12.7. The highest BCUT2D eigenvalue weighted by Crippen LogP contribution is 2.46. The van der Waals surface area contributed by atoms with Crippen molar-refractivity contribution in [3.63, 3.8) is 0 Å². The molecule has 8 nitrogen and oxygen atoms in total. The number of nitrogens with two attached hydrogens (primary N) is 2. The molecule has 9 heteroatoms. The number of nitrogen functional groups attached to an aromatic ring is 1. The van der Waals surface area contributed by atoms with Crippen LogP contribution in [0.5, 0.6) is 0 Å². The van der Waals surface area contributed by atoms with Gasteiger partial charge in [0.2, 0.25) is 0 Å². The van der Waals surface area contributed by atoms with Gasteiger partial charge in [-0.1, -0.05) is 72.8 Å². The first kappa shape index (κ1) is 24.2. The summed E-state index contributed by atoms with van der Waals surface area (Å²) in [6, 6.07) is 27.0. The minimum atomic E-state index is -2.97. The largest absolute Gasteiger partial charge is 0.755 e. The fourth-order valence-corrected chi connectivity index (χ4v) is 5.23. The summed E-state index contributed by atoms with van der Waals surface area (Å²) in [5, 5.41) is 0. The number of urea groups is 1. The maximum Gasteiger partial charge on any atom is 0.327 e. The van der Waals surface area contributed by atoms with Crippen molar-refractivity contribution in [2.45, 2.75) is 12.7 Å². The van der Waals surface area contributed by atoms with Gasteiger partial charge in [0.05, 0.1) is 23.5 Å². The fourth-order valence-electron chi connectivity index (χ4n) is 4.70. The molecule has 0 saturated carbocycles. The number of pyridine rings is 1. The lowest BCUT2D eigenvalue weighted by atomic mass is 9.88. The molecule has 0 bridgehead atoms. The molecule has 37 heavy (non-hydrogen) atoms. The first-order chi connectivity index (χ1) is 18.0. The average Bonchev–Trinajstić information content (AvgIpc) is 2.90. The number of carbonyl (C=O) groups is 1. The van der Waals surface area contributed by atoms with Crippen LogP contribution in [0.25, 0.3) is 22.9 Å². The van der Waals surface area contributed by atoms with Crippen LogP contribution in [0.4, 0.5) is 10.5 Å². The van der Waals surface area contributed by atoms with E-state index < -0.39 is 23.5 Å². The zero-order valence-electron chi connectivity index (χ0n) is 19.7. The van der Waals surface area contributed by atoms with Crippen LogP contribution in [0.15, 0.2) is 97.2 Å². The molecule has 5 rings (SSSR count). The molecule has 1 aliphatic rings. The Bertz CT molecular complexity index is 1480. The highest BCUT2D eigenvalue weighted by Gasteiger charge is 2.38. The van der Waals surface area contributed by atoms with E-state index in [2.05, 4.69) is 4.98 Å². The van der Waals surface area contributed by atoms with Crippen molar-refractivity contribution in [1.29, 1.82) is 0 Å². The summed E-state index contributed by atoms with van der Waals surface area (Å²) in [7, 11) is 0. The molecular weight excluding hydrogens is 486 g/mol. The lowest BCUT2D eigenvalue weighted by molar-refractivity contribution is 0.156. The van der Waals surface area contributed by atoms with Crippen LogP contribution in [0.3, 0.4) is 0 Å². The standard InChI is InChI=1S/C28H25N5O3S/c29-24-15-5-4-13-23(24)25-17-20-11-8-14-22(19-9-2-1-3-10-19)26(20)27(33(28(30)34)37(35)36)32(25)18-21-12-6-7-16-31-21/h1-17,27H,18,29H2,(H2,30,34)(H,35,36)/p-1. The summed E-state index contributed by atoms with van der Waals surface area (Å²) in [5.41, 5.74) is 17.6. The molecule has 2 unspecified atom stereocenters. The van der Waals surface area contributed by atoms with Crippen molar-refractivity contribution in [3.8, 4) is 11.1 Å². The van der Waals surface area contributed by atoms with Crippen LogP contribution in [0.1, 0.15) is 28.6 Å². The van der Waals surface area contributed by atoms with E-state index in [4.69, 9.17) is 11.5 Å². The van der Waals surface area contributed by atoms with Gasteiger partial charge in [-0.15, -0.1) is 0 Å². The zero-order chi connectivity index (χ0) is 25.9. The monoisotopic (exact) mass is 510 g/mol. The number of benzene rings is 3. The normalized spacial score (nSPS) is 15.4. The van der Waals surface area contributed by atoms with Gasteiger partial charge in [-0.25, -0.2) is 9.10 Å². The van der Waals surface area contributed by atoms with Gasteiger partial charge < -0.3 is 20.9 Å². The van der Waals surface area contributed by atoms with Crippen LogP contribution >= 0.6 is 0 Å². The topological polar surface area (TPSA) is 129 Å². The summed E-state index contributed by atoms with van der Waals surface area (Å²) >= 11 is -2.97. The number of carbonyl (C=O) groups excluding carboxylic acids is 1. The molecule has 0 spiro atoms. The van der Waals surface area contributed by atoms with Gasteiger partial charge in [-0.3, -0.25) is 9.19 Å². The second-order valence-electron chi connectivity index (χ2n) is 8.50. The van der Waals surface area contributed by atoms with Gasteiger partial charge >= 0.3 is 6.03 Å². The molecule has 1 aromatic heterocycles. The Morgan fingerprint density at radius 3 is 2.32 bits per heavy atom. The lowest BCUT2D eigenvalue weighted by Crippen LogP contribution is -2.48. The number of para-hydroxylation sites is 1. The summed E-state index contributed by atoms with van der Waals surface area (Å²) < 4.78 is 25.8. The minimum absolute atomic E-state index is 0.190. The second kappa shape index (κ2) is 10.3. The van der Waals surface area contributed by atoms with Crippen molar-refractivity contribution in [3.05, 3.63) is 120 Å². The van der Waals surface area contributed by atoms with Crippen LogP contribution in [0.2, 0.25) is 0 Å². The molecule has 2 heterocycles. The molecule has 1 aliphatic heterocycles. The molecule has 186 valence electrons. The van der Waals surface area contributed by atoms with E-state index in [1.807, 2.05) is 89.8 Å². The summed E-state index contributed by atoms with van der Waals surface area (Å²) in [6.07, 6.45) is 2.53. The van der Waals surface area contributed by atoms with E-state index in [-0.39, 0.29) is 6.54 Å². The number of fused-ring (bicyclic) bond motifs is 1. The highest BCUT2D eigenvalue weighted by atomic mass is 32.2. The molecule has 0 fully saturated rings. The third-order valence-electron chi connectivity index (χ3n) is 6.27. The average molecular weight is 511 g/mol. The number of primary amides is 1. The van der Waals surface area contributed by atoms with E-state index in [1.54, 1.807) is 18.3 Å². The smallest absolute Gasteiger partial charge is 0.327 e. The first-order valence-electron chi connectivity index (χ1n) is 11.5. The number of nitrogens with zero attached hydrogens (tertiary/aromatic N) is 3. The number of aromatic nitrogens is 1. The van der Waals surface area contributed by atoms with E-state index in [0.29, 0.717) is 32.5 Å². The van der Waals surface area contributed by atoms with Crippen molar-refractivity contribution < 1.29 is 13.6 Å². The van der Waals surface area contributed by atoms with Crippen molar-refractivity contribution in [1.82, 2.24) is 14.2 Å². The lowest BCUT2D eigenvalue weighted by Gasteiger charge is -2.45. The third-order valence-corrected chi connectivity index (χ3v) is 6.98. The molecule has 3 aromatic carbocycles. The number of hydrogen-bond acceptors (Lipinski definition) is 6. The molecule has 4 aromatic rings. The Morgan fingerprint density at radius 1 is 0.946 bits per heavy atom. The van der Waals surface area contributed by atoms with E-state index >= 15 is 0 Å². The van der Waals surface area contributed by atoms with Gasteiger partial charge in [0.25, 0.3) is 0 Å². The predicted octanol–water partition coefficient (Wildman–Crippen LogP) is 4.52. The maximum atomic E-state index is 12.7. The Hall–Kier alpha value is -4.47. The van der Waals surface area contributed by atoms with Gasteiger partial charge in [-0.2, -0.15) is 0 Å². The molecule has 0 saturated heterocycles.